The van der Waals surface area contributed by atoms with Gasteiger partial charge < -0.3 is 14.3 Å². The fourth-order valence-corrected chi connectivity index (χ4v) is 3.11. The minimum absolute atomic E-state index is 0.000589. The Kier molecular flexibility index (Phi) is 5.12. The molecule has 0 aliphatic carbocycles. The Balaban J connectivity index is 1.68. The number of hydrogen-bond donors (Lipinski definition) is 1. The van der Waals surface area contributed by atoms with Crippen LogP contribution in [0.15, 0.2) is 57.9 Å². The largest absolute Gasteiger partial charge is 0.504 e. The highest BCUT2D eigenvalue weighted by molar-refractivity contribution is 5.89. The second kappa shape index (κ2) is 7.91. The molecule has 0 spiro atoms. The number of benzene rings is 3. The summed E-state index contributed by atoms with van der Waals surface area (Å²) >= 11 is 0. The van der Waals surface area contributed by atoms with Crippen LogP contribution in [0.25, 0.3) is 22.6 Å². The van der Waals surface area contributed by atoms with Gasteiger partial charge in [-0.2, -0.15) is 0 Å². The predicted molar refractivity (Wildman–Crippen MR) is 117 cm³/mol. The third-order valence-corrected chi connectivity index (χ3v) is 5.00. The van der Waals surface area contributed by atoms with Crippen LogP contribution in [-0.4, -0.2) is 28.3 Å². The molecule has 31 heavy (non-hydrogen) atoms. The van der Waals surface area contributed by atoms with E-state index in [0.717, 1.165) is 17.2 Å². The van der Waals surface area contributed by atoms with Crippen LogP contribution in [-0.2, 0) is 0 Å². The number of nitrogens with zero attached hydrogens (tertiary/aromatic N) is 3. The van der Waals surface area contributed by atoms with E-state index in [0.29, 0.717) is 22.7 Å². The molecule has 3 aromatic carbocycles. The van der Waals surface area contributed by atoms with E-state index in [2.05, 4.69) is 9.98 Å². The number of aromatic nitrogens is 1. The molecule has 156 valence electrons. The zero-order valence-electron chi connectivity index (χ0n) is 17.1. The van der Waals surface area contributed by atoms with Gasteiger partial charge in [-0.3, -0.25) is 15.1 Å². The van der Waals surface area contributed by atoms with Gasteiger partial charge in [0.25, 0.3) is 5.69 Å². The number of ether oxygens (including phenoxy) is 1. The Hall–Kier alpha value is -4.20. The van der Waals surface area contributed by atoms with Crippen molar-refractivity contribution in [2.45, 2.75) is 13.8 Å². The van der Waals surface area contributed by atoms with Crippen LogP contribution in [0.5, 0.6) is 11.5 Å². The number of oxazole rings is 1. The summed E-state index contributed by atoms with van der Waals surface area (Å²) in [7, 11) is 1.32. The Labute approximate surface area is 177 Å². The van der Waals surface area contributed by atoms with Crippen LogP contribution in [0.1, 0.15) is 16.7 Å². The maximum absolute atomic E-state index is 11.1. The summed E-state index contributed by atoms with van der Waals surface area (Å²) in [5, 5.41) is 21.4. The molecule has 4 aromatic rings. The number of hydrogen-bond acceptors (Lipinski definition) is 7. The molecule has 0 unspecified atom stereocenters. The van der Waals surface area contributed by atoms with Crippen molar-refractivity contribution in [3.8, 4) is 23.0 Å². The van der Waals surface area contributed by atoms with Crippen LogP contribution in [0.3, 0.4) is 0 Å². The molecule has 0 bridgehead atoms. The van der Waals surface area contributed by atoms with E-state index in [4.69, 9.17) is 9.15 Å². The number of methoxy groups -OCH3 is 1. The van der Waals surface area contributed by atoms with Crippen molar-refractivity contribution >= 4 is 28.7 Å². The molecule has 0 aliphatic rings. The van der Waals surface area contributed by atoms with Gasteiger partial charge in [-0.25, -0.2) is 4.98 Å². The van der Waals surface area contributed by atoms with Gasteiger partial charge >= 0.3 is 0 Å². The van der Waals surface area contributed by atoms with Gasteiger partial charge in [-0.05, 0) is 55.3 Å². The summed E-state index contributed by atoms with van der Waals surface area (Å²) in [6.45, 7) is 4.08. The fourth-order valence-electron chi connectivity index (χ4n) is 3.11. The van der Waals surface area contributed by atoms with E-state index in [1.807, 2.05) is 32.0 Å². The molecule has 0 fully saturated rings. The number of non-ortho nitro benzene ring substituents is 1. The predicted octanol–water partition coefficient (Wildman–Crippen LogP) is 5.48. The van der Waals surface area contributed by atoms with E-state index >= 15 is 0 Å². The molecule has 0 saturated carbocycles. The molecule has 4 rings (SSSR count). The second-order valence-corrected chi connectivity index (χ2v) is 7.07. The van der Waals surface area contributed by atoms with Crippen molar-refractivity contribution in [1.82, 2.24) is 4.98 Å². The number of phenols is 1. The smallest absolute Gasteiger partial charge is 0.274 e. The molecule has 0 saturated heterocycles. The fraction of sp³-hybridized carbons (Fsp3) is 0.130. The topological polar surface area (TPSA) is 111 Å². The number of aromatic hydroxyl groups is 1. The van der Waals surface area contributed by atoms with Crippen LogP contribution in [0, 0.1) is 24.0 Å². The van der Waals surface area contributed by atoms with Crippen molar-refractivity contribution < 1.29 is 19.2 Å². The third-order valence-electron chi connectivity index (χ3n) is 5.00. The molecule has 0 aliphatic heterocycles. The highest BCUT2D eigenvalue weighted by Gasteiger charge is 2.16. The maximum Gasteiger partial charge on any atom is 0.274 e. The molecule has 0 amide bonds. The third kappa shape index (κ3) is 3.95. The Morgan fingerprint density at radius 3 is 2.65 bits per heavy atom. The Morgan fingerprint density at radius 2 is 1.94 bits per heavy atom. The molecule has 8 heteroatoms. The van der Waals surface area contributed by atoms with Gasteiger partial charge in [-0.15, -0.1) is 0 Å². The van der Waals surface area contributed by atoms with Crippen molar-refractivity contribution in [1.29, 1.82) is 0 Å². The van der Waals surface area contributed by atoms with Gasteiger partial charge in [0, 0.05) is 23.4 Å². The van der Waals surface area contributed by atoms with Crippen molar-refractivity contribution in [3.05, 3.63) is 75.3 Å². The number of nitro groups is 1. The van der Waals surface area contributed by atoms with Crippen LogP contribution in [0.2, 0.25) is 0 Å². The molecule has 1 N–H and O–H groups in total. The maximum atomic E-state index is 11.1. The monoisotopic (exact) mass is 417 g/mol. The lowest BCUT2D eigenvalue weighted by molar-refractivity contribution is -0.385. The summed E-state index contributed by atoms with van der Waals surface area (Å²) in [5.41, 5.74) is 4.99. The quantitative estimate of drug-likeness (QED) is 0.261. The van der Waals surface area contributed by atoms with Crippen LogP contribution in [0.4, 0.5) is 11.4 Å². The molecular formula is C23H19N3O5. The first-order valence-electron chi connectivity index (χ1n) is 9.43. The van der Waals surface area contributed by atoms with Crippen LogP contribution >= 0.6 is 0 Å². The molecule has 1 heterocycles. The number of aryl methyl sites for hydroxylation is 2. The standard InChI is InChI=1S/C23H19N3O5/c1-13-4-5-15(8-14(13)2)23-25-19-10-17(6-7-20(19)31-23)24-12-16-9-18(26(28)29)11-21(30-3)22(16)27/h4-12,27H,1-3H3. The van der Waals surface area contributed by atoms with Crippen LogP contribution < -0.4 is 4.74 Å². The van der Waals surface area contributed by atoms with E-state index in [1.165, 1.54) is 25.0 Å². The van der Waals surface area contributed by atoms with Gasteiger partial charge in [0.2, 0.25) is 5.89 Å². The van der Waals surface area contributed by atoms with Gasteiger partial charge in [0.15, 0.2) is 17.1 Å². The Morgan fingerprint density at radius 1 is 1.13 bits per heavy atom. The van der Waals surface area contributed by atoms with Crippen molar-refractivity contribution in [3.63, 3.8) is 0 Å². The van der Waals surface area contributed by atoms with Gasteiger partial charge in [0.1, 0.15) is 5.52 Å². The summed E-state index contributed by atoms with van der Waals surface area (Å²) in [5.74, 6) is 0.289. The van der Waals surface area contributed by atoms with E-state index < -0.39 is 4.92 Å². The van der Waals surface area contributed by atoms with E-state index in [-0.39, 0.29) is 22.7 Å². The zero-order chi connectivity index (χ0) is 22.1. The number of aliphatic imine (C=N–C) groups is 1. The van der Waals surface area contributed by atoms with E-state index in [1.54, 1.807) is 18.2 Å². The molecule has 8 nitrogen and oxygen atoms in total. The number of fused-ring (bicyclic) bond motifs is 1. The minimum Gasteiger partial charge on any atom is -0.504 e. The first kappa shape index (κ1) is 20.1. The number of rotatable bonds is 5. The normalized spacial score (nSPS) is 11.3. The second-order valence-electron chi connectivity index (χ2n) is 7.07. The molecular weight excluding hydrogens is 398 g/mol. The summed E-state index contributed by atoms with van der Waals surface area (Å²) in [6, 6.07) is 13.6. The average molecular weight is 417 g/mol. The zero-order valence-corrected chi connectivity index (χ0v) is 17.1. The highest BCUT2D eigenvalue weighted by atomic mass is 16.6. The Bertz CT molecular complexity index is 1340. The van der Waals surface area contributed by atoms with Gasteiger partial charge in [-0.1, -0.05) is 6.07 Å². The first-order chi connectivity index (χ1) is 14.9. The van der Waals surface area contributed by atoms with Crippen molar-refractivity contribution in [2.24, 2.45) is 4.99 Å². The lowest BCUT2D eigenvalue weighted by Crippen LogP contribution is -1.94. The molecule has 0 atom stereocenters. The van der Waals surface area contributed by atoms with E-state index in [9.17, 15) is 15.2 Å². The molecule has 0 radical (unpaired) electrons. The molecule has 1 aromatic heterocycles. The number of nitro benzene ring substituents is 1. The van der Waals surface area contributed by atoms with Crippen molar-refractivity contribution in [2.75, 3.05) is 7.11 Å². The lowest BCUT2D eigenvalue weighted by atomic mass is 10.1. The highest BCUT2D eigenvalue weighted by Crippen LogP contribution is 2.34. The minimum atomic E-state index is -0.560. The first-order valence-corrected chi connectivity index (χ1v) is 9.43. The average Bonchev–Trinajstić information content (AvgIpc) is 3.18. The van der Waals surface area contributed by atoms with Gasteiger partial charge in [0.05, 0.1) is 23.8 Å². The summed E-state index contributed by atoms with van der Waals surface area (Å²) in [6.07, 6.45) is 1.34. The summed E-state index contributed by atoms with van der Waals surface area (Å²) in [4.78, 5) is 19.4. The summed E-state index contributed by atoms with van der Waals surface area (Å²) < 4.78 is 10.9. The lowest BCUT2D eigenvalue weighted by Gasteiger charge is -2.05. The number of phenolic OH excluding ortho intramolecular Hbond substituents is 1. The SMILES string of the molecule is COc1cc([N+](=O)[O-])cc(C=Nc2ccc3oc(-c4ccc(C)c(C)c4)nc3c2)c1O.